The van der Waals surface area contributed by atoms with Gasteiger partial charge in [-0.25, -0.2) is 0 Å². The highest BCUT2D eigenvalue weighted by molar-refractivity contribution is 7.99. The van der Waals surface area contributed by atoms with E-state index in [2.05, 4.69) is 4.74 Å². The first-order valence-corrected chi connectivity index (χ1v) is 6.51. The molecule has 0 aliphatic carbocycles. The van der Waals surface area contributed by atoms with Crippen LogP contribution in [0.2, 0.25) is 0 Å². The fourth-order valence-electron chi connectivity index (χ4n) is 1.39. The number of nitro benzene ring substituents is 1. The van der Waals surface area contributed by atoms with Gasteiger partial charge in [-0.05, 0) is 6.07 Å². The second-order valence-corrected chi connectivity index (χ2v) is 4.92. The van der Waals surface area contributed by atoms with E-state index in [-0.39, 0.29) is 23.3 Å². The summed E-state index contributed by atoms with van der Waals surface area (Å²) in [5.74, 6) is 0.228. The molecule has 0 amide bonds. The van der Waals surface area contributed by atoms with Gasteiger partial charge in [-0.3, -0.25) is 14.9 Å². The Morgan fingerprint density at radius 1 is 1.47 bits per heavy atom. The number of hydrogen-bond donors (Lipinski definition) is 0. The fraction of sp³-hybridized carbons (Fsp3) is 0.417. The molecule has 104 valence electrons. The van der Waals surface area contributed by atoms with E-state index in [9.17, 15) is 14.9 Å². The predicted octanol–water partition coefficient (Wildman–Crippen LogP) is 2.50. The van der Waals surface area contributed by atoms with E-state index in [4.69, 9.17) is 4.74 Å². The maximum absolute atomic E-state index is 11.3. The summed E-state index contributed by atoms with van der Waals surface area (Å²) in [7, 11) is 2.73. The quantitative estimate of drug-likeness (QED) is 0.346. The summed E-state index contributed by atoms with van der Waals surface area (Å²) >= 11 is 1.42. The third-order valence-electron chi connectivity index (χ3n) is 2.45. The molecular weight excluding hydrogens is 270 g/mol. The molecule has 0 aliphatic heterocycles. The van der Waals surface area contributed by atoms with Crippen molar-refractivity contribution in [1.29, 1.82) is 0 Å². The van der Waals surface area contributed by atoms with Gasteiger partial charge in [-0.15, -0.1) is 11.8 Å². The van der Waals surface area contributed by atoms with Gasteiger partial charge in [0.05, 0.1) is 25.1 Å². The summed E-state index contributed by atoms with van der Waals surface area (Å²) in [6.45, 7) is 1.77. The molecule has 19 heavy (non-hydrogen) atoms. The number of ether oxygens (including phenoxy) is 2. The number of hydrogen-bond acceptors (Lipinski definition) is 6. The van der Waals surface area contributed by atoms with Crippen LogP contribution < -0.4 is 4.74 Å². The summed E-state index contributed by atoms with van der Waals surface area (Å²) < 4.78 is 9.61. The predicted molar refractivity (Wildman–Crippen MR) is 71.6 cm³/mol. The van der Waals surface area contributed by atoms with Gasteiger partial charge in [-0.1, -0.05) is 6.92 Å². The molecule has 0 bridgehead atoms. The van der Waals surface area contributed by atoms with Crippen LogP contribution in [-0.2, 0) is 9.53 Å². The first kappa shape index (κ1) is 15.3. The van der Waals surface area contributed by atoms with Gasteiger partial charge < -0.3 is 9.47 Å². The Balaban J connectivity index is 2.75. The molecule has 0 saturated heterocycles. The van der Waals surface area contributed by atoms with Gasteiger partial charge in [0.25, 0.3) is 0 Å². The summed E-state index contributed by atoms with van der Waals surface area (Å²) in [5, 5.41) is 10.7. The molecule has 7 heteroatoms. The molecule has 0 aliphatic rings. The topological polar surface area (TPSA) is 78.7 Å². The average molecular weight is 285 g/mol. The van der Waals surface area contributed by atoms with Gasteiger partial charge in [0.2, 0.25) is 0 Å². The van der Waals surface area contributed by atoms with Gasteiger partial charge >= 0.3 is 11.7 Å². The van der Waals surface area contributed by atoms with E-state index in [1.54, 1.807) is 19.1 Å². The largest absolute Gasteiger partial charge is 0.490 e. The molecule has 0 N–H and O–H groups in total. The van der Waals surface area contributed by atoms with Crippen molar-refractivity contribution in [2.24, 2.45) is 5.92 Å². The lowest BCUT2D eigenvalue weighted by atomic mass is 10.2. The third kappa shape index (κ3) is 4.13. The monoisotopic (exact) mass is 285 g/mol. The molecule has 0 aromatic heterocycles. The first-order chi connectivity index (χ1) is 8.99. The Labute approximate surface area is 115 Å². The minimum absolute atomic E-state index is 0.0760. The SMILES string of the molecule is COC(=O)C(C)CSc1ccc([N+](=O)[O-])c(OC)c1. The van der Waals surface area contributed by atoms with Crippen molar-refractivity contribution in [2.75, 3.05) is 20.0 Å². The van der Waals surface area contributed by atoms with E-state index in [1.165, 1.54) is 32.0 Å². The molecule has 0 spiro atoms. The highest BCUT2D eigenvalue weighted by Crippen LogP contribution is 2.32. The summed E-state index contributed by atoms with van der Waals surface area (Å²) in [6, 6.07) is 4.62. The normalized spacial score (nSPS) is 11.7. The molecule has 1 aromatic rings. The molecule has 6 nitrogen and oxygen atoms in total. The van der Waals surface area contributed by atoms with Crippen LogP contribution in [0.3, 0.4) is 0 Å². The van der Waals surface area contributed by atoms with Gasteiger partial charge in [0, 0.05) is 22.8 Å². The Hall–Kier alpha value is -1.76. The zero-order valence-corrected chi connectivity index (χ0v) is 11.7. The number of nitro groups is 1. The Bertz CT molecular complexity index is 477. The van der Waals surface area contributed by atoms with Crippen molar-refractivity contribution >= 4 is 23.4 Å². The van der Waals surface area contributed by atoms with Gasteiger partial charge in [0.1, 0.15) is 0 Å². The number of thioether (sulfide) groups is 1. The maximum atomic E-state index is 11.3. The second kappa shape index (κ2) is 6.98. The zero-order chi connectivity index (χ0) is 14.4. The molecule has 0 saturated carbocycles. The number of benzene rings is 1. The third-order valence-corrected chi connectivity index (χ3v) is 3.71. The average Bonchev–Trinajstić information content (AvgIpc) is 2.43. The maximum Gasteiger partial charge on any atom is 0.310 e. The summed E-state index contributed by atoms with van der Waals surface area (Å²) in [5.41, 5.74) is -0.0760. The van der Waals surface area contributed by atoms with Crippen LogP contribution in [0.5, 0.6) is 5.75 Å². The number of carbonyl (C=O) groups excluding carboxylic acids is 1. The highest BCUT2D eigenvalue weighted by Gasteiger charge is 2.17. The number of esters is 1. The van der Waals surface area contributed by atoms with Crippen molar-refractivity contribution in [3.63, 3.8) is 0 Å². The molecule has 1 unspecified atom stereocenters. The number of methoxy groups -OCH3 is 2. The molecule has 1 rings (SSSR count). The molecule has 0 fully saturated rings. The van der Waals surface area contributed by atoms with E-state index in [1.807, 2.05) is 0 Å². The fourth-order valence-corrected chi connectivity index (χ4v) is 2.32. The van der Waals surface area contributed by atoms with Crippen molar-refractivity contribution in [3.05, 3.63) is 28.3 Å². The zero-order valence-electron chi connectivity index (χ0n) is 10.9. The number of rotatable bonds is 6. The first-order valence-electron chi connectivity index (χ1n) is 5.52. The smallest absolute Gasteiger partial charge is 0.310 e. The lowest BCUT2D eigenvalue weighted by Gasteiger charge is -2.09. The van der Waals surface area contributed by atoms with Gasteiger partial charge in [0.15, 0.2) is 5.75 Å². The van der Waals surface area contributed by atoms with Crippen LogP contribution in [0.1, 0.15) is 6.92 Å². The van der Waals surface area contributed by atoms with Crippen LogP contribution in [0, 0.1) is 16.0 Å². The van der Waals surface area contributed by atoms with Crippen molar-refractivity contribution in [3.8, 4) is 5.75 Å². The number of nitrogens with zero attached hydrogens (tertiary/aromatic N) is 1. The van der Waals surface area contributed by atoms with E-state index >= 15 is 0 Å². The molecular formula is C12H15NO5S. The van der Waals surface area contributed by atoms with Crippen molar-refractivity contribution in [1.82, 2.24) is 0 Å². The molecule has 0 heterocycles. The van der Waals surface area contributed by atoms with Crippen LogP contribution in [0.25, 0.3) is 0 Å². The minimum Gasteiger partial charge on any atom is -0.490 e. The van der Waals surface area contributed by atoms with E-state index < -0.39 is 4.92 Å². The Kier molecular flexibility index (Phi) is 5.62. The van der Waals surface area contributed by atoms with Crippen LogP contribution in [0.4, 0.5) is 5.69 Å². The van der Waals surface area contributed by atoms with E-state index in [0.717, 1.165) is 4.90 Å². The highest BCUT2D eigenvalue weighted by atomic mass is 32.2. The summed E-state index contributed by atoms with van der Waals surface area (Å²) in [4.78, 5) is 22.3. The van der Waals surface area contributed by atoms with Crippen molar-refractivity contribution < 1.29 is 19.2 Å². The Morgan fingerprint density at radius 3 is 2.68 bits per heavy atom. The Morgan fingerprint density at radius 2 is 2.16 bits per heavy atom. The van der Waals surface area contributed by atoms with E-state index in [0.29, 0.717) is 5.75 Å². The summed E-state index contributed by atoms with van der Waals surface area (Å²) in [6.07, 6.45) is 0. The molecule has 1 atom stereocenters. The lowest BCUT2D eigenvalue weighted by Crippen LogP contribution is -2.14. The minimum atomic E-state index is -0.496. The van der Waals surface area contributed by atoms with Gasteiger partial charge in [-0.2, -0.15) is 0 Å². The molecule has 0 radical (unpaired) electrons. The van der Waals surface area contributed by atoms with Crippen LogP contribution in [-0.4, -0.2) is 30.9 Å². The second-order valence-electron chi connectivity index (χ2n) is 3.83. The molecule has 1 aromatic carbocycles. The van der Waals surface area contributed by atoms with Crippen LogP contribution in [0.15, 0.2) is 23.1 Å². The van der Waals surface area contributed by atoms with Crippen molar-refractivity contribution in [2.45, 2.75) is 11.8 Å². The lowest BCUT2D eigenvalue weighted by molar-refractivity contribution is -0.385. The number of carbonyl (C=O) groups is 1. The van der Waals surface area contributed by atoms with Crippen LogP contribution >= 0.6 is 11.8 Å². The standard InChI is InChI=1S/C12H15NO5S/c1-8(12(14)18-3)7-19-9-4-5-10(13(15)16)11(6-9)17-2/h4-6,8H,7H2,1-3H3.